The molecule has 0 amide bonds. The maximum atomic E-state index is 11.2. The van der Waals surface area contributed by atoms with E-state index >= 15 is 0 Å². The van der Waals surface area contributed by atoms with E-state index in [1.54, 1.807) is 0 Å². The molecule has 0 spiro atoms. The van der Waals surface area contributed by atoms with Crippen molar-refractivity contribution in [1.29, 1.82) is 5.26 Å². The highest BCUT2D eigenvalue weighted by Crippen LogP contribution is 2.45. The van der Waals surface area contributed by atoms with Gasteiger partial charge in [0.15, 0.2) is 5.41 Å². The molecule has 0 bridgehead atoms. The lowest BCUT2D eigenvalue weighted by atomic mass is 10.1. The van der Waals surface area contributed by atoms with Gasteiger partial charge in [0.05, 0.1) is 12.7 Å². The Morgan fingerprint density at radius 1 is 1.67 bits per heavy atom. The van der Waals surface area contributed by atoms with Gasteiger partial charge < -0.3 is 4.74 Å². The number of esters is 1. The summed E-state index contributed by atoms with van der Waals surface area (Å²) in [6, 6.07) is 2.00. The van der Waals surface area contributed by atoms with Gasteiger partial charge in [-0.05, 0) is 19.3 Å². The van der Waals surface area contributed by atoms with Gasteiger partial charge >= 0.3 is 5.97 Å². The fourth-order valence-electron chi connectivity index (χ4n) is 0.934. The lowest BCUT2D eigenvalue weighted by Crippen LogP contribution is -2.17. The largest absolute Gasteiger partial charge is 0.465 e. The molecule has 3 heteroatoms. The van der Waals surface area contributed by atoms with Crippen molar-refractivity contribution in [3.8, 4) is 6.07 Å². The minimum atomic E-state index is -0.756. The fourth-order valence-corrected chi connectivity index (χ4v) is 0.934. The van der Waals surface area contributed by atoms with Gasteiger partial charge in [-0.1, -0.05) is 13.3 Å². The average molecular weight is 167 g/mol. The zero-order valence-corrected chi connectivity index (χ0v) is 7.30. The van der Waals surface area contributed by atoms with E-state index in [1.165, 1.54) is 0 Å². The fraction of sp³-hybridized carbons (Fsp3) is 0.778. The van der Waals surface area contributed by atoms with Crippen LogP contribution in [-0.4, -0.2) is 12.6 Å². The van der Waals surface area contributed by atoms with Gasteiger partial charge in [-0.3, -0.25) is 4.79 Å². The van der Waals surface area contributed by atoms with E-state index in [0.717, 1.165) is 12.8 Å². The molecule has 0 atom stereocenters. The van der Waals surface area contributed by atoms with Crippen molar-refractivity contribution in [2.75, 3.05) is 6.61 Å². The molecule has 1 saturated carbocycles. The Morgan fingerprint density at radius 3 is 2.75 bits per heavy atom. The molecule has 0 aromatic heterocycles. The highest BCUT2D eigenvalue weighted by atomic mass is 16.5. The Balaban J connectivity index is 2.26. The summed E-state index contributed by atoms with van der Waals surface area (Å²) >= 11 is 0. The quantitative estimate of drug-likeness (QED) is 0.472. The molecule has 12 heavy (non-hydrogen) atoms. The van der Waals surface area contributed by atoms with E-state index in [-0.39, 0.29) is 5.97 Å². The van der Waals surface area contributed by atoms with Crippen LogP contribution >= 0.6 is 0 Å². The van der Waals surface area contributed by atoms with Crippen LogP contribution in [0.5, 0.6) is 0 Å². The molecule has 3 nitrogen and oxygen atoms in total. The molecular formula is C9H13NO2. The molecule has 0 unspecified atom stereocenters. The van der Waals surface area contributed by atoms with Gasteiger partial charge in [0.25, 0.3) is 0 Å². The molecule has 0 heterocycles. The molecule has 1 aliphatic carbocycles. The van der Waals surface area contributed by atoms with E-state index in [0.29, 0.717) is 19.4 Å². The third kappa shape index (κ3) is 1.76. The number of nitrogens with zero attached hydrogens (tertiary/aromatic N) is 1. The Bertz CT molecular complexity index is 213. The second kappa shape index (κ2) is 3.57. The summed E-state index contributed by atoms with van der Waals surface area (Å²) in [4.78, 5) is 11.2. The third-order valence-corrected chi connectivity index (χ3v) is 2.09. The van der Waals surface area contributed by atoms with Gasteiger partial charge in [-0.25, -0.2) is 0 Å². The molecule has 0 aromatic carbocycles. The van der Waals surface area contributed by atoms with Crippen LogP contribution in [0.15, 0.2) is 0 Å². The molecule has 1 aliphatic rings. The number of nitriles is 1. The maximum Gasteiger partial charge on any atom is 0.326 e. The number of unbranched alkanes of at least 4 members (excludes halogenated alkanes) is 1. The lowest BCUT2D eigenvalue weighted by molar-refractivity contribution is -0.148. The van der Waals surface area contributed by atoms with Crippen molar-refractivity contribution in [3.63, 3.8) is 0 Å². The Labute approximate surface area is 72.3 Å². The molecule has 0 saturated heterocycles. The number of hydrogen-bond donors (Lipinski definition) is 0. The topological polar surface area (TPSA) is 50.1 Å². The zero-order chi connectivity index (χ0) is 9.03. The predicted molar refractivity (Wildman–Crippen MR) is 43.1 cm³/mol. The SMILES string of the molecule is CCCCOC(=O)C1(C#N)CC1. The van der Waals surface area contributed by atoms with E-state index < -0.39 is 5.41 Å². The number of carbonyl (C=O) groups is 1. The van der Waals surface area contributed by atoms with E-state index in [1.807, 2.05) is 13.0 Å². The standard InChI is InChI=1S/C9H13NO2/c1-2-3-6-12-8(11)9(7-10)4-5-9/h2-6H2,1H3. The maximum absolute atomic E-state index is 11.2. The van der Waals surface area contributed by atoms with E-state index in [9.17, 15) is 4.79 Å². The predicted octanol–water partition coefficient (Wildman–Crippen LogP) is 1.63. The van der Waals surface area contributed by atoms with Crippen molar-refractivity contribution in [2.45, 2.75) is 32.6 Å². The van der Waals surface area contributed by atoms with Crippen LogP contribution in [0.25, 0.3) is 0 Å². The van der Waals surface area contributed by atoms with Crippen molar-refractivity contribution in [1.82, 2.24) is 0 Å². The number of ether oxygens (including phenoxy) is 1. The Kier molecular flexibility index (Phi) is 2.69. The average Bonchev–Trinajstić information content (AvgIpc) is 2.85. The van der Waals surface area contributed by atoms with E-state index in [4.69, 9.17) is 10.00 Å². The van der Waals surface area contributed by atoms with Crippen molar-refractivity contribution in [2.24, 2.45) is 5.41 Å². The highest BCUT2D eigenvalue weighted by Gasteiger charge is 2.52. The summed E-state index contributed by atoms with van der Waals surface area (Å²) in [5.41, 5.74) is -0.756. The summed E-state index contributed by atoms with van der Waals surface area (Å²) in [7, 11) is 0. The van der Waals surface area contributed by atoms with Crippen molar-refractivity contribution < 1.29 is 9.53 Å². The van der Waals surface area contributed by atoms with Gasteiger partial charge in [-0.15, -0.1) is 0 Å². The van der Waals surface area contributed by atoms with Crippen LogP contribution < -0.4 is 0 Å². The van der Waals surface area contributed by atoms with Crippen molar-refractivity contribution >= 4 is 5.97 Å². The number of rotatable bonds is 4. The van der Waals surface area contributed by atoms with Crippen LogP contribution in [-0.2, 0) is 9.53 Å². The van der Waals surface area contributed by atoms with Crippen molar-refractivity contribution in [3.05, 3.63) is 0 Å². The Morgan fingerprint density at radius 2 is 2.33 bits per heavy atom. The molecule has 0 radical (unpaired) electrons. The monoisotopic (exact) mass is 167 g/mol. The highest BCUT2D eigenvalue weighted by molar-refractivity contribution is 5.83. The van der Waals surface area contributed by atoms with Crippen LogP contribution in [0.1, 0.15) is 32.6 Å². The Hall–Kier alpha value is -1.04. The van der Waals surface area contributed by atoms with Gasteiger partial charge in [0.1, 0.15) is 0 Å². The van der Waals surface area contributed by atoms with Gasteiger partial charge in [0, 0.05) is 0 Å². The summed E-state index contributed by atoms with van der Waals surface area (Å²) in [5.74, 6) is -0.321. The minimum absolute atomic E-state index is 0.321. The molecular weight excluding hydrogens is 154 g/mol. The summed E-state index contributed by atoms with van der Waals surface area (Å²) < 4.78 is 4.94. The third-order valence-electron chi connectivity index (χ3n) is 2.09. The summed E-state index contributed by atoms with van der Waals surface area (Å²) in [5, 5.41) is 8.63. The minimum Gasteiger partial charge on any atom is -0.465 e. The first-order valence-corrected chi connectivity index (χ1v) is 4.33. The first-order valence-electron chi connectivity index (χ1n) is 4.33. The molecule has 1 rings (SSSR count). The molecule has 66 valence electrons. The van der Waals surface area contributed by atoms with Gasteiger partial charge in [0.2, 0.25) is 0 Å². The molecule has 1 fully saturated rings. The number of carbonyl (C=O) groups excluding carboxylic acids is 1. The second-order valence-electron chi connectivity index (χ2n) is 3.18. The molecule has 0 aliphatic heterocycles. The van der Waals surface area contributed by atoms with Crippen LogP contribution in [0, 0.1) is 16.7 Å². The second-order valence-corrected chi connectivity index (χ2v) is 3.18. The summed E-state index contributed by atoms with van der Waals surface area (Å²) in [6.07, 6.45) is 3.24. The zero-order valence-electron chi connectivity index (χ0n) is 7.30. The lowest BCUT2D eigenvalue weighted by Gasteiger charge is -2.05. The van der Waals surface area contributed by atoms with Crippen LogP contribution in [0.3, 0.4) is 0 Å². The number of hydrogen-bond acceptors (Lipinski definition) is 3. The normalized spacial score (nSPS) is 18.0. The molecule has 0 aromatic rings. The first-order chi connectivity index (χ1) is 5.75. The van der Waals surface area contributed by atoms with E-state index in [2.05, 4.69) is 0 Å². The van der Waals surface area contributed by atoms with Gasteiger partial charge in [-0.2, -0.15) is 5.26 Å². The summed E-state index contributed by atoms with van der Waals surface area (Å²) in [6.45, 7) is 2.49. The molecule has 0 N–H and O–H groups in total. The smallest absolute Gasteiger partial charge is 0.326 e. The van der Waals surface area contributed by atoms with Crippen LogP contribution in [0.2, 0.25) is 0 Å². The first kappa shape index (κ1) is 9.05. The van der Waals surface area contributed by atoms with Crippen LogP contribution in [0.4, 0.5) is 0 Å².